The number of rotatable bonds is 3. The number of para-hydroxylation sites is 1. The molecular formula is C10H14ClNO2. The highest BCUT2D eigenvalue weighted by Gasteiger charge is 2.18. The SMILES string of the molecule is COc1c(Cl)cccc1[C@H](N)[C@@H](C)O. The van der Waals surface area contributed by atoms with Crippen molar-refractivity contribution >= 4 is 11.6 Å². The Kier molecular flexibility index (Phi) is 3.75. The quantitative estimate of drug-likeness (QED) is 0.808. The third-order valence-electron chi connectivity index (χ3n) is 2.08. The highest BCUT2D eigenvalue weighted by molar-refractivity contribution is 6.32. The van der Waals surface area contributed by atoms with Crippen LogP contribution < -0.4 is 10.5 Å². The lowest BCUT2D eigenvalue weighted by atomic mass is 10.0. The van der Waals surface area contributed by atoms with Gasteiger partial charge < -0.3 is 15.6 Å². The number of halogens is 1. The number of hydrogen-bond acceptors (Lipinski definition) is 3. The monoisotopic (exact) mass is 215 g/mol. The van der Waals surface area contributed by atoms with E-state index in [0.717, 1.165) is 5.56 Å². The average Bonchev–Trinajstić information content (AvgIpc) is 2.16. The minimum absolute atomic E-state index is 0.483. The van der Waals surface area contributed by atoms with Crippen LogP contribution in [0.15, 0.2) is 18.2 Å². The van der Waals surface area contributed by atoms with Gasteiger partial charge in [0, 0.05) is 5.56 Å². The summed E-state index contributed by atoms with van der Waals surface area (Å²) in [6.45, 7) is 1.63. The fraction of sp³-hybridized carbons (Fsp3) is 0.400. The molecule has 0 heterocycles. The molecule has 78 valence electrons. The lowest BCUT2D eigenvalue weighted by Crippen LogP contribution is -2.23. The van der Waals surface area contributed by atoms with E-state index in [-0.39, 0.29) is 0 Å². The molecule has 4 heteroatoms. The Morgan fingerprint density at radius 3 is 2.64 bits per heavy atom. The van der Waals surface area contributed by atoms with Crippen LogP contribution in [-0.4, -0.2) is 18.3 Å². The second kappa shape index (κ2) is 4.64. The first-order valence-corrected chi connectivity index (χ1v) is 4.71. The maximum Gasteiger partial charge on any atom is 0.142 e. The van der Waals surface area contributed by atoms with Crippen molar-refractivity contribution in [1.82, 2.24) is 0 Å². The van der Waals surface area contributed by atoms with Crippen LogP contribution in [0.1, 0.15) is 18.5 Å². The molecule has 0 saturated heterocycles. The Balaban J connectivity index is 3.13. The fourth-order valence-corrected chi connectivity index (χ4v) is 1.52. The molecule has 0 aliphatic rings. The van der Waals surface area contributed by atoms with Crippen molar-refractivity contribution < 1.29 is 9.84 Å². The van der Waals surface area contributed by atoms with Crippen molar-refractivity contribution in [3.8, 4) is 5.75 Å². The summed E-state index contributed by atoms with van der Waals surface area (Å²) in [7, 11) is 1.53. The second-order valence-electron chi connectivity index (χ2n) is 3.13. The maximum absolute atomic E-state index is 9.36. The van der Waals surface area contributed by atoms with Crippen LogP contribution in [0.3, 0.4) is 0 Å². The van der Waals surface area contributed by atoms with Gasteiger partial charge in [-0.15, -0.1) is 0 Å². The molecule has 0 radical (unpaired) electrons. The van der Waals surface area contributed by atoms with Crippen molar-refractivity contribution in [2.75, 3.05) is 7.11 Å². The van der Waals surface area contributed by atoms with Gasteiger partial charge in [0.25, 0.3) is 0 Å². The molecule has 2 atom stereocenters. The summed E-state index contributed by atoms with van der Waals surface area (Å²) in [4.78, 5) is 0. The zero-order chi connectivity index (χ0) is 10.7. The second-order valence-corrected chi connectivity index (χ2v) is 3.54. The number of nitrogens with two attached hydrogens (primary N) is 1. The molecule has 0 bridgehead atoms. The highest BCUT2D eigenvalue weighted by Crippen LogP contribution is 2.32. The Hall–Kier alpha value is -0.770. The van der Waals surface area contributed by atoms with Crippen LogP contribution in [0.5, 0.6) is 5.75 Å². The van der Waals surface area contributed by atoms with Crippen LogP contribution in [0.2, 0.25) is 5.02 Å². The number of aliphatic hydroxyl groups is 1. The normalized spacial score (nSPS) is 14.9. The van der Waals surface area contributed by atoms with E-state index in [1.165, 1.54) is 7.11 Å². The van der Waals surface area contributed by atoms with Gasteiger partial charge in [0.2, 0.25) is 0 Å². The fourth-order valence-electron chi connectivity index (χ4n) is 1.26. The van der Waals surface area contributed by atoms with E-state index < -0.39 is 12.1 Å². The number of hydrogen-bond donors (Lipinski definition) is 2. The Bertz CT molecular complexity index is 315. The molecular weight excluding hydrogens is 202 g/mol. The van der Waals surface area contributed by atoms with Gasteiger partial charge >= 0.3 is 0 Å². The summed E-state index contributed by atoms with van der Waals surface area (Å²) in [5, 5.41) is 9.86. The molecule has 0 unspecified atom stereocenters. The van der Waals surface area contributed by atoms with Crippen molar-refractivity contribution in [1.29, 1.82) is 0 Å². The first-order chi connectivity index (χ1) is 6.57. The smallest absolute Gasteiger partial charge is 0.142 e. The molecule has 3 nitrogen and oxygen atoms in total. The minimum Gasteiger partial charge on any atom is -0.495 e. The molecule has 0 aliphatic carbocycles. The highest BCUT2D eigenvalue weighted by atomic mass is 35.5. The van der Waals surface area contributed by atoms with E-state index in [1.54, 1.807) is 25.1 Å². The predicted octanol–water partition coefficient (Wildman–Crippen LogP) is 1.73. The summed E-state index contributed by atoms with van der Waals surface area (Å²) >= 11 is 5.92. The zero-order valence-electron chi connectivity index (χ0n) is 8.20. The van der Waals surface area contributed by atoms with E-state index in [1.807, 2.05) is 0 Å². The molecule has 1 aromatic rings. The Morgan fingerprint density at radius 1 is 1.50 bits per heavy atom. The van der Waals surface area contributed by atoms with Crippen LogP contribution in [0.25, 0.3) is 0 Å². The first-order valence-electron chi connectivity index (χ1n) is 4.34. The zero-order valence-corrected chi connectivity index (χ0v) is 8.95. The lowest BCUT2D eigenvalue weighted by molar-refractivity contribution is 0.162. The maximum atomic E-state index is 9.36. The molecule has 3 N–H and O–H groups in total. The van der Waals surface area contributed by atoms with Crippen molar-refractivity contribution in [2.45, 2.75) is 19.1 Å². The molecule has 1 rings (SSSR count). The van der Waals surface area contributed by atoms with E-state index in [4.69, 9.17) is 22.1 Å². The average molecular weight is 216 g/mol. The number of methoxy groups -OCH3 is 1. The largest absolute Gasteiger partial charge is 0.495 e. The van der Waals surface area contributed by atoms with Gasteiger partial charge in [-0.3, -0.25) is 0 Å². The van der Waals surface area contributed by atoms with Gasteiger partial charge in [0.1, 0.15) is 5.75 Å². The number of ether oxygens (including phenoxy) is 1. The third-order valence-corrected chi connectivity index (χ3v) is 2.38. The van der Waals surface area contributed by atoms with Crippen molar-refractivity contribution in [2.24, 2.45) is 5.73 Å². The number of benzene rings is 1. The summed E-state index contributed by atoms with van der Waals surface area (Å²) in [5.74, 6) is 0.530. The van der Waals surface area contributed by atoms with Crippen molar-refractivity contribution in [3.63, 3.8) is 0 Å². The van der Waals surface area contributed by atoms with Crippen LogP contribution >= 0.6 is 11.6 Å². The van der Waals surface area contributed by atoms with E-state index in [0.29, 0.717) is 10.8 Å². The third kappa shape index (κ3) is 2.18. The van der Waals surface area contributed by atoms with Gasteiger partial charge in [0.15, 0.2) is 0 Å². The summed E-state index contributed by atoms with van der Waals surface area (Å²) in [5.41, 5.74) is 6.51. The van der Waals surface area contributed by atoms with Gasteiger partial charge in [-0.2, -0.15) is 0 Å². The Labute approximate surface area is 88.4 Å². The van der Waals surface area contributed by atoms with E-state index in [2.05, 4.69) is 0 Å². The first kappa shape index (κ1) is 11.3. The Morgan fingerprint density at radius 2 is 2.14 bits per heavy atom. The van der Waals surface area contributed by atoms with Crippen LogP contribution in [0.4, 0.5) is 0 Å². The topological polar surface area (TPSA) is 55.5 Å². The van der Waals surface area contributed by atoms with Gasteiger partial charge in [-0.25, -0.2) is 0 Å². The standard InChI is InChI=1S/C10H14ClNO2/c1-6(13)9(12)7-4-3-5-8(11)10(7)14-2/h3-6,9,13H,12H2,1-2H3/t6-,9-/m1/s1. The minimum atomic E-state index is -0.637. The van der Waals surface area contributed by atoms with Gasteiger partial charge in [-0.05, 0) is 13.0 Å². The van der Waals surface area contributed by atoms with Gasteiger partial charge in [0.05, 0.1) is 24.3 Å². The molecule has 0 aliphatic heterocycles. The van der Waals surface area contributed by atoms with Crippen LogP contribution in [-0.2, 0) is 0 Å². The molecule has 0 saturated carbocycles. The lowest BCUT2D eigenvalue weighted by Gasteiger charge is -2.18. The molecule has 0 spiro atoms. The summed E-state index contributed by atoms with van der Waals surface area (Å²) in [6, 6.07) is 4.81. The van der Waals surface area contributed by atoms with Crippen molar-refractivity contribution in [3.05, 3.63) is 28.8 Å². The summed E-state index contributed by atoms with van der Waals surface area (Å²) in [6.07, 6.45) is -0.637. The number of aliphatic hydroxyl groups excluding tert-OH is 1. The molecule has 0 amide bonds. The van der Waals surface area contributed by atoms with Gasteiger partial charge in [-0.1, -0.05) is 23.7 Å². The van der Waals surface area contributed by atoms with E-state index in [9.17, 15) is 5.11 Å². The summed E-state index contributed by atoms with van der Waals surface area (Å²) < 4.78 is 5.12. The molecule has 0 aromatic heterocycles. The van der Waals surface area contributed by atoms with Crippen LogP contribution in [0, 0.1) is 0 Å². The molecule has 14 heavy (non-hydrogen) atoms. The predicted molar refractivity (Wildman–Crippen MR) is 56.6 cm³/mol. The molecule has 1 aromatic carbocycles. The molecule has 0 fully saturated rings. The van der Waals surface area contributed by atoms with E-state index >= 15 is 0 Å².